The first-order valence-corrected chi connectivity index (χ1v) is 10.2. The van der Waals surface area contributed by atoms with Crippen LogP contribution in [0.2, 0.25) is 0 Å². The molecule has 1 saturated carbocycles. The van der Waals surface area contributed by atoms with E-state index in [-0.39, 0.29) is 0 Å². The van der Waals surface area contributed by atoms with Gasteiger partial charge in [0.25, 0.3) is 0 Å². The van der Waals surface area contributed by atoms with Crippen molar-refractivity contribution in [3.63, 3.8) is 0 Å². The molecule has 2 aromatic carbocycles. The zero-order chi connectivity index (χ0) is 18.5. The van der Waals surface area contributed by atoms with Gasteiger partial charge < -0.3 is 9.47 Å². The summed E-state index contributed by atoms with van der Waals surface area (Å²) in [5.41, 5.74) is 2.83. The van der Waals surface area contributed by atoms with Crippen molar-refractivity contribution in [3.05, 3.63) is 83.9 Å². The van der Waals surface area contributed by atoms with E-state index in [9.17, 15) is 0 Å². The van der Waals surface area contributed by atoms with Gasteiger partial charge in [-0.05, 0) is 41.7 Å². The van der Waals surface area contributed by atoms with Crippen LogP contribution in [0.25, 0.3) is 0 Å². The van der Waals surface area contributed by atoms with Crippen LogP contribution in [0.1, 0.15) is 37.3 Å². The number of benzene rings is 2. The van der Waals surface area contributed by atoms with Crippen LogP contribution in [0.15, 0.2) is 72.8 Å². The van der Waals surface area contributed by atoms with E-state index < -0.39 is 0 Å². The van der Waals surface area contributed by atoms with E-state index in [0.29, 0.717) is 36.6 Å². The molecule has 2 nitrogen and oxygen atoms in total. The molecule has 4 atom stereocenters. The van der Waals surface area contributed by atoms with Gasteiger partial charge >= 0.3 is 0 Å². The first-order valence-electron chi connectivity index (χ1n) is 10.2. The second-order valence-corrected chi connectivity index (χ2v) is 8.34. The SMILES string of the molecule is C[C@@]12CC=C[C@@H]([C@@H](OCc3ccccc3)CC1)[C@H]2COCc1ccccc1. The van der Waals surface area contributed by atoms with Crippen molar-refractivity contribution in [1.29, 1.82) is 0 Å². The largest absolute Gasteiger partial charge is 0.376 e. The third-order valence-corrected chi connectivity index (χ3v) is 6.45. The average molecular weight is 363 g/mol. The van der Waals surface area contributed by atoms with Crippen molar-refractivity contribution in [2.24, 2.45) is 17.3 Å². The molecule has 2 bridgehead atoms. The Morgan fingerprint density at radius 3 is 2.30 bits per heavy atom. The van der Waals surface area contributed by atoms with Gasteiger partial charge in [0.15, 0.2) is 0 Å². The van der Waals surface area contributed by atoms with Gasteiger partial charge in [-0.1, -0.05) is 79.7 Å². The minimum Gasteiger partial charge on any atom is -0.376 e. The summed E-state index contributed by atoms with van der Waals surface area (Å²) in [5, 5.41) is 0. The Bertz CT molecular complexity index is 739. The lowest BCUT2D eigenvalue weighted by atomic mass is 9.58. The third-order valence-electron chi connectivity index (χ3n) is 6.45. The molecule has 0 unspecified atom stereocenters. The Balaban J connectivity index is 1.39. The van der Waals surface area contributed by atoms with E-state index in [1.807, 2.05) is 0 Å². The number of hydrogen-bond acceptors (Lipinski definition) is 2. The highest BCUT2D eigenvalue weighted by Crippen LogP contribution is 2.51. The molecule has 0 N–H and O–H groups in total. The molecule has 0 aromatic heterocycles. The summed E-state index contributed by atoms with van der Waals surface area (Å²) in [6.45, 7) is 4.64. The van der Waals surface area contributed by atoms with Crippen LogP contribution in [0.5, 0.6) is 0 Å². The van der Waals surface area contributed by atoms with Gasteiger partial charge in [0.05, 0.1) is 25.9 Å². The zero-order valence-corrected chi connectivity index (χ0v) is 16.2. The summed E-state index contributed by atoms with van der Waals surface area (Å²) in [6, 6.07) is 21.0. The van der Waals surface area contributed by atoms with Crippen molar-refractivity contribution in [1.82, 2.24) is 0 Å². The zero-order valence-electron chi connectivity index (χ0n) is 16.2. The summed E-state index contributed by atoms with van der Waals surface area (Å²) in [5.74, 6) is 0.984. The monoisotopic (exact) mass is 362 g/mol. The van der Waals surface area contributed by atoms with E-state index in [1.54, 1.807) is 0 Å². The molecule has 27 heavy (non-hydrogen) atoms. The second kappa shape index (κ2) is 8.41. The molecular weight excluding hydrogens is 332 g/mol. The van der Waals surface area contributed by atoms with Crippen molar-refractivity contribution in [2.75, 3.05) is 6.61 Å². The predicted octanol–water partition coefficient (Wildman–Crippen LogP) is 5.78. The number of hydrogen-bond donors (Lipinski definition) is 0. The molecule has 2 aliphatic carbocycles. The predicted molar refractivity (Wildman–Crippen MR) is 109 cm³/mol. The number of ether oxygens (including phenoxy) is 2. The summed E-state index contributed by atoms with van der Waals surface area (Å²) in [7, 11) is 0. The highest BCUT2D eigenvalue weighted by atomic mass is 16.5. The van der Waals surface area contributed by atoms with Crippen LogP contribution in [-0.2, 0) is 22.7 Å². The Hall–Kier alpha value is -1.90. The molecule has 0 radical (unpaired) electrons. The van der Waals surface area contributed by atoms with E-state index in [1.165, 1.54) is 17.5 Å². The maximum Gasteiger partial charge on any atom is 0.0720 e. The fourth-order valence-electron chi connectivity index (χ4n) is 4.74. The lowest BCUT2D eigenvalue weighted by molar-refractivity contribution is -0.0989. The number of rotatable bonds is 7. The summed E-state index contributed by atoms with van der Waals surface area (Å²) < 4.78 is 12.6. The third kappa shape index (κ3) is 4.34. The molecule has 2 aromatic rings. The van der Waals surface area contributed by atoms with Crippen molar-refractivity contribution < 1.29 is 9.47 Å². The Kier molecular flexibility index (Phi) is 5.75. The molecule has 0 saturated heterocycles. The van der Waals surface area contributed by atoms with Crippen molar-refractivity contribution >= 4 is 0 Å². The maximum absolute atomic E-state index is 6.39. The van der Waals surface area contributed by atoms with Gasteiger partial charge in [0.2, 0.25) is 0 Å². The molecule has 2 aliphatic rings. The van der Waals surface area contributed by atoms with Gasteiger partial charge in [-0.15, -0.1) is 0 Å². The fourth-order valence-corrected chi connectivity index (χ4v) is 4.74. The second-order valence-electron chi connectivity index (χ2n) is 8.34. The van der Waals surface area contributed by atoms with Crippen LogP contribution < -0.4 is 0 Å². The average Bonchev–Trinajstić information content (AvgIpc) is 2.70. The molecule has 0 heterocycles. The van der Waals surface area contributed by atoms with Crippen LogP contribution in [-0.4, -0.2) is 12.7 Å². The lowest BCUT2D eigenvalue weighted by Gasteiger charge is -2.50. The van der Waals surface area contributed by atoms with E-state index in [2.05, 4.69) is 79.7 Å². The topological polar surface area (TPSA) is 18.5 Å². The normalized spacial score (nSPS) is 29.6. The summed E-state index contributed by atoms with van der Waals surface area (Å²) >= 11 is 0. The summed E-state index contributed by atoms with van der Waals surface area (Å²) in [6.07, 6.45) is 8.58. The minimum atomic E-state index is 0.292. The van der Waals surface area contributed by atoms with Crippen molar-refractivity contribution in [3.8, 4) is 0 Å². The first kappa shape index (κ1) is 18.5. The number of fused-ring (bicyclic) bond motifs is 2. The molecule has 0 spiro atoms. The van der Waals surface area contributed by atoms with Crippen LogP contribution in [0.4, 0.5) is 0 Å². The smallest absolute Gasteiger partial charge is 0.0720 e. The molecule has 2 heteroatoms. The van der Waals surface area contributed by atoms with Crippen LogP contribution in [0.3, 0.4) is 0 Å². The lowest BCUT2D eigenvalue weighted by Crippen LogP contribution is -2.48. The fraction of sp³-hybridized carbons (Fsp3) is 0.440. The highest BCUT2D eigenvalue weighted by Gasteiger charge is 2.47. The van der Waals surface area contributed by atoms with Gasteiger partial charge in [-0.2, -0.15) is 0 Å². The quantitative estimate of drug-likeness (QED) is 0.581. The molecule has 0 aliphatic heterocycles. The van der Waals surface area contributed by atoms with E-state index in [0.717, 1.165) is 19.4 Å². The number of allylic oxidation sites excluding steroid dienone is 1. The Morgan fingerprint density at radius 2 is 1.59 bits per heavy atom. The molecule has 1 fully saturated rings. The van der Waals surface area contributed by atoms with Crippen LogP contribution in [0, 0.1) is 17.3 Å². The molecule has 4 rings (SSSR count). The van der Waals surface area contributed by atoms with Crippen LogP contribution >= 0.6 is 0 Å². The molecule has 142 valence electrons. The Labute approximate surface area is 163 Å². The van der Waals surface area contributed by atoms with Gasteiger partial charge in [-0.3, -0.25) is 0 Å². The van der Waals surface area contributed by atoms with Gasteiger partial charge in [-0.25, -0.2) is 0 Å². The minimum absolute atomic E-state index is 0.292. The molecular formula is C25H30O2. The highest BCUT2D eigenvalue weighted by molar-refractivity contribution is 5.15. The van der Waals surface area contributed by atoms with Gasteiger partial charge in [0, 0.05) is 5.92 Å². The van der Waals surface area contributed by atoms with E-state index in [4.69, 9.17) is 9.47 Å². The molecule has 0 amide bonds. The maximum atomic E-state index is 6.39. The Morgan fingerprint density at radius 1 is 0.926 bits per heavy atom. The van der Waals surface area contributed by atoms with E-state index >= 15 is 0 Å². The van der Waals surface area contributed by atoms with Crippen molar-refractivity contribution in [2.45, 2.75) is 45.5 Å². The first-order chi connectivity index (χ1) is 13.2. The summed E-state index contributed by atoms with van der Waals surface area (Å²) in [4.78, 5) is 0. The van der Waals surface area contributed by atoms with Gasteiger partial charge in [0.1, 0.15) is 0 Å². The standard InChI is InChI=1S/C25H30O2/c1-25-15-8-13-22(23(25)19-26-17-20-9-4-2-5-10-20)24(14-16-25)27-18-21-11-6-3-7-12-21/h2-13,22-24H,14-19H2,1H3/t22-,23-,24+,25-/m1/s1.